The van der Waals surface area contributed by atoms with Gasteiger partial charge < -0.3 is 99.5 Å². The third kappa shape index (κ3) is 13.8. The molecule has 0 N–H and O–H groups in total. The summed E-state index contributed by atoms with van der Waals surface area (Å²) in [5.74, 6) is -0.867. The van der Waals surface area contributed by atoms with E-state index in [-0.39, 0.29) is 46.3 Å². The van der Waals surface area contributed by atoms with Crippen LogP contribution in [-0.2, 0) is 44.5 Å². The van der Waals surface area contributed by atoms with Gasteiger partial charge in [0.05, 0.1) is 110 Å². The van der Waals surface area contributed by atoms with E-state index < -0.39 is 90.5 Å². The maximum Gasteiger partial charge on any atom is 0.303 e. The lowest BCUT2D eigenvalue weighted by atomic mass is 9.72. The van der Waals surface area contributed by atoms with Crippen LogP contribution in [0.15, 0.2) is 121 Å². The van der Waals surface area contributed by atoms with Gasteiger partial charge in [0.2, 0.25) is 0 Å². The van der Waals surface area contributed by atoms with E-state index in [9.17, 15) is 19.2 Å². The number of hydrogen-bond acceptors (Lipinski definition) is 25. The zero-order chi connectivity index (χ0) is 75.5. The number of carbonyl (C=O) groups excluding carboxylic acids is 4. The molecular formula is C81H84O25. The second-order valence-electron chi connectivity index (χ2n) is 25.3. The molecule has 4 aliphatic rings. The lowest BCUT2D eigenvalue weighted by Crippen LogP contribution is -2.42. The Morgan fingerprint density at radius 2 is 0.660 bits per heavy atom. The van der Waals surface area contributed by atoms with Crippen molar-refractivity contribution in [3.05, 3.63) is 183 Å². The second kappa shape index (κ2) is 31.3. The molecule has 12 rings (SSSR count). The van der Waals surface area contributed by atoms with E-state index in [1.165, 1.54) is 120 Å². The fraction of sp³-hybridized carbons (Fsp3) is 0.358. The molecule has 4 heterocycles. The molecule has 0 fully saturated rings. The lowest BCUT2D eigenvalue weighted by Gasteiger charge is -2.45. The van der Waals surface area contributed by atoms with E-state index >= 15 is 0 Å². The normalized spacial score (nSPS) is 20.8. The number of carbonyl (C=O) groups is 4. The SMILES string of the molecule is COc1ccc2c(c1)O[C@H](c1ccc(OC)c(OC)c1)[C@@H](OC(C)=O)[C@H]2c1cc2c(cc1OC)O[C@H](c1ccc(OC)c(OC)c1)[C@@H](OC(C)=O)[C@H]2c1c2c(c(OC)c([C@H]3c4ccc(OC)cc4O[C@H](c4ccc(OC)c(OC)c4)[C@H]3OC(C)=O)c1OC)C[C@H](OC(C)=O)[C@@H](c1ccc(OC)c(OC)c1)O2. The number of methoxy groups -OCH3 is 13. The minimum atomic E-state index is -1.46. The number of benzene rings is 8. The average Bonchev–Trinajstić information content (AvgIpc) is 0.705. The highest BCUT2D eigenvalue weighted by atomic mass is 16.6. The van der Waals surface area contributed by atoms with Gasteiger partial charge in [0, 0.05) is 114 Å². The van der Waals surface area contributed by atoms with Crippen molar-refractivity contribution >= 4 is 23.9 Å². The number of ether oxygens (including phenoxy) is 21. The highest BCUT2D eigenvalue weighted by molar-refractivity contribution is 5.75. The van der Waals surface area contributed by atoms with Gasteiger partial charge in [-0.1, -0.05) is 36.4 Å². The van der Waals surface area contributed by atoms with Crippen LogP contribution in [0.2, 0.25) is 0 Å². The van der Waals surface area contributed by atoms with Gasteiger partial charge in [-0.25, -0.2) is 0 Å². The number of hydrogen-bond donors (Lipinski definition) is 0. The van der Waals surface area contributed by atoms with Crippen LogP contribution < -0.4 is 80.5 Å². The van der Waals surface area contributed by atoms with Gasteiger partial charge in [-0.2, -0.15) is 0 Å². The molecule has 0 aliphatic carbocycles. The van der Waals surface area contributed by atoms with Crippen molar-refractivity contribution in [1.29, 1.82) is 0 Å². The summed E-state index contributed by atoms with van der Waals surface area (Å²) in [7, 11) is 19.6. The third-order valence-electron chi connectivity index (χ3n) is 19.5. The lowest BCUT2D eigenvalue weighted by molar-refractivity contribution is -0.154. The van der Waals surface area contributed by atoms with E-state index in [4.69, 9.17) is 99.5 Å². The van der Waals surface area contributed by atoms with E-state index in [2.05, 4.69) is 0 Å². The first-order valence-electron chi connectivity index (χ1n) is 33.9. The highest BCUT2D eigenvalue weighted by Crippen LogP contribution is 2.64. The first-order valence-corrected chi connectivity index (χ1v) is 33.9. The van der Waals surface area contributed by atoms with Crippen LogP contribution >= 0.6 is 0 Å². The van der Waals surface area contributed by atoms with Crippen molar-refractivity contribution < 1.29 is 119 Å². The van der Waals surface area contributed by atoms with E-state index in [0.29, 0.717) is 119 Å². The molecule has 0 saturated heterocycles. The molecule has 11 atom stereocenters. The smallest absolute Gasteiger partial charge is 0.303 e. The number of rotatable bonds is 24. The largest absolute Gasteiger partial charge is 0.497 e. The van der Waals surface area contributed by atoms with E-state index in [1.54, 1.807) is 109 Å². The molecule has 4 aliphatic heterocycles. The van der Waals surface area contributed by atoms with Crippen molar-refractivity contribution in [2.75, 3.05) is 92.4 Å². The maximum atomic E-state index is 14.7. The van der Waals surface area contributed by atoms with Gasteiger partial charge >= 0.3 is 23.9 Å². The zero-order valence-corrected chi connectivity index (χ0v) is 61.8. The molecule has 106 heavy (non-hydrogen) atoms. The Morgan fingerprint density at radius 3 is 1.03 bits per heavy atom. The monoisotopic (exact) mass is 1460 g/mol. The summed E-state index contributed by atoms with van der Waals surface area (Å²) in [6, 6.07) is 35.1. The van der Waals surface area contributed by atoms with Gasteiger partial charge in [-0.15, -0.1) is 0 Å². The zero-order valence-electron chi connectivity index (χ0n) is 61.8. The summed E-state index contributed by atoms with van der Waals surface area (Å²) >= 11 is 0. The second-order valence-corrected chi connectivity index (χ2v) is 25.3. The number of esters is 4. The minimum absolute atomic E-state index is 0.0673. The Kier molecular flexibility index (Phi) is 21.8. The summed E-state index contributed by atoms with van der Waals surface area (Å²) in [5, 5.41) is 0. The Hall–Kier alpha value is -11.8. The quantitative estimate of drug-likeness (QED) is 0.0402. The molecule has 0 aromatic heterocycles. The molecule has 0 radical (unpaired) electrons. The predicted molar refractivity (Wildman–Crippen MR) is 382 cm³/mol. The van der Waals surface area contributed by atoms with Crippen LogP contribution in [0.25, 0.3) is 0 Å². The van der Waals surface area contributed by atoms with E-state index in [0.717, 1.165) is 0 Å². The van der Waals surface area contributed by atoms with Crippen LogP contribution in [-0.4, -0.2) is 141 Å². The molecule has 558 valence electrons. The van der Waals surface area contributed by atoms with Crippen LogP contribution in [0, 0.1) is 0 Å². The molecule has 0 spiro atoms. The molecule has 0 saturated carbocycles. The first kappa shape index (κ1) is 74.0. The topological polar surface area (TPSA) is 262 Å². The fourth-order valence-corrected chi connectivity index (χ4v) is 15.1. The highest BCUT2D eigenvalue weighted by Gasteiger charge is 2.54. The van der Waals surface area contributed by atoms with Crippen molar-refractivity contribution in [3.8, 4) is 97.7 Å². The summed E-state index contributed by atoms with van der Waals surface area (Å²) in [5.41, 5.74) is 4.56. The summed E-state index contributed by atoms with van der Waals surface area (Å²) < 4.78 is 135. The Morgan fingerprint density at radius 1 is 0.302 bits per heavy atom. The van der Waals surface area contributed by atoms with Crippen molar-refractivity contribution in [2.45, 2.75) is 101 Å². The van der Waals surface area contributed by atoms with Gasteiger partial charge in [0.25, 0.3) is 0 Å². The van der Waals surface area contributed by atoms with Crippen LogP contribution in [0.1, 0.15) is 131 Å². The summed E-state index contributed by atoms with van der Waals surface area (Å²) in [6.45, 7) is 5.19. The van der Waals surface area contributed by atoms with Crippen LogP contribution in [0.4, 0.5) is 0 Å². The maximum absolute atomic E-state index is 14.7. The van der Waals surface area contributed by atoms with Crippen molar-refractivity contribution in [1.82, 2.24) is 0 Å². The summed E-state index contributed by atoms with van der Waals surface area (Å²) in [6.07, 6.45) is -9.88. The third-order valence-corrected chi connectivity index (χ3v) is 19.5. The van der Waals surface area contributed by atoms with Crippen LogP contribution in [0.3, 0.4) is 0 Å². The standard InChI is InChI=1S/C81H84O25/c1-39(82)99-66-37-53-76(97-16)70(68-50-25-23-48(87-6)35-60(50)104-74(80(68)101-41(3)84)45-20-28-56(90-9)64(32-45)95-14)78(98-17)71(77(53)106-72(66)43-18-26-54(88-7)62(30-43)93-12)69-52-36-51(58(92-11)38-61(52)105-75(81(69)102-42(4)85)46-21-29-57(91-10)65(33-46)96-15)67-49-24-22-47(86-5)34-59(49)103-73(79(67)100-40(2)83)44-19-27-55(89-8)63(31-44)94-13/h18-36,38,66-69,72-75,79-81H,37H2,1-17H3/t66-,67+,68+,69+,72+,73+,74+,75+,79-,80-,81-/m0/s1. The molecule has 0 bridgehead atoms. The van der Waals surface area contributed by atoms with Crippen molar-refractivity contribution in [3.63, 3.8) is 0 Å². The predicted octanol–water partition coefficient (Wildman–Crippen LogP) is 13.0. The molecule has 0 amide bonds. The van der Waals surface area contributed by atoms with Gasteiger partial charge in [0.15, 0.2) is 88.7 Å². The summed E-state index contributed by atoms with van der Waals surface area (Å²) in [4.78, 5) is 56.7. The average molecular weight is 1460 g/mol. The first-order chi connectivity index (χ1) is 51.2. The molecule has 8 aromatic carbocycles. The van der Waals surface area contributed by atoms with Gasteiger partial charge in [0.1, 0.15) is 57.8 Å². The minimum Gasteiger partial charge on any atom is -0.497 e. The fourth-order valence-electron chi connectivity index (χ4n) is 15.1. The van der Waals surface area contributed by atoms with Gasteiger partial charge in [-0.05, 0) is 66.7 Å². The molecule has 25 heteroatoms. The van der Waals surface area contributed by atoms with Gasteiger partial charge in [-0.3, -0.25) is 19.2 Å². The van der Waals surface area contributed by atoms with E-state index in [1.807, 2.05) is 12.1 Å². The molecular weight excluding hydrogens is 1370 g/mol. The Balaban J connectivity index is 1.25. The van der Waals surface area contributed by atoms with Crippen molar-refractivity contribution in [2.24, 2.45) is 0 Å². The molecule has 0 unspecified atom stereocenters. The molecule has 8 aromatic rings. The Labute approximate surface area is 613 Å². The molecule has 25 nitrogen and oxygen atoms in total. The number of fused-ring (bicyclic) bond motifs is 4. The van der Waals surface area contributed by atoms with Crippen LogP contribution in [0.5, 0.6) is 97.7 Å². The Bertz CT molecular complexity index is 4640.